The molecule has 0 radical (unpaired) electrons. The van der Waals surface area contributed by atoms with E-state index in [0.29, 0.717) is 19.1 Å². The number of nitrogens with zero attached hydrogens (tertiary/aromatic N) is 3. The molecule has 1 aliphatic carbocycles. The van der Waals surface area contributed by atoms with Gasteiger partial charge in [0.25, 0.3) is 5.91 Å². The van der Waals surface area contributed by atoms with Crippen LogP contribution in [-0.4, -0.2) is 53.4 Å². The first-order valence-corrected chi connectivity index (χ1v) is 7.74. The molecule has 22 heavy (non-hydrogen) atoms. The summed E-state index contributed by atoms with van der Waals surface area (Å²) in [5, 5.41) is 7.11. The normalized spacial score (nSPS) is 25.4. The number of rotatable bonds is 3. The average molecular weight is 302 g/mol. The van der Waals surface area contributed by atoms with Crippen molar-refractivity contribution in [2.45, 2.75) is 25.0 Å². The number of carbonyl (C=O) groups is 1. The predicted octanol–water partition coefficient (Wildman–Crippen LogP) is 0.321. The van der Waals surface area contributed by atoms with Gasteiger partial charge in [-0.1, -0.05) is 5.92 Å². The number of nitrogens with one attached hydrogen (secondary N) is 1. The fraction of sp³-hybridized carbons (Fsp3) is 0.625. The quantitative estimate of drug-likeness (QED) is 0.817. The van der Waals surface area contributed by atoms with Gasteiger partial charge in [0.2, 0.25) is 0 Å². The topological polar surface area (TPSA) is 59.4 Å². The van der Waals surface area contributed by atoms with Crippen molar-refractivity contribution in [3.8, 4) is 11.8 Å². The van der Waals surface area contributed by atoms with Crippen LogP contribution in [0, 0.1) is 17.8 Å². The molecule has 118 valence electrons. The molecule has 1 N–H and O–H groups in total. The van der Waals surface area contributed by atoms with E-state index in [9.17, 15) is 4.79 Å². The lowest BCUT2D eigenvalue weighted by Gasteiger charge is -2.39. The minimum Gasteiger partial charge on any atom is -0.373 e. The predicted molar refractivity (Wildman–Crippen MR) is 81.8 cm³/mol. The number of likely N-dealkylation sites (N-methyl/N-ethyl adjacent to an activating group) is 1. The van der Waals surface area contributed by atoms with Gasteiger partial charge < -0.3 is 10.1 Å². The van der Waals surface area contributed by atoms with Gasteiger partial charge in [-0.2, -0.15) is 5.10 Å². The maximum atomic E-state index is 11.8. The molecule has 2 fully saturated rings. The Morgan fingerprint density at radius 1 is 1.50 bits per heavy atom. The Morgan fingerprint density at radius 2 is 2.32 bits per heavy atom. The number of aromatic nitrogens is 2. The van der Waals surface area contributed by atoms with Crippen LogP contribution in [0.5, 0.6) is 0 Å². The highest BCUT2D eigenvalue weighted by atomic mass is 16.5. The van der Waals surface area contributed by atoms with E-state index >= 15 is 0 Å². The van der Waals surface area contributed by atoms with Crippen LogP contribution < -0.4 is 5.32 Å². The van der Waals surface area contributed by atoms with E-state index in [4.69, 9.17) is 4.74 Å². The summed E-state index contributed by atoms with van der Waals surface area (Å²) in [5.41, 5.74) is 1.09. The number of aryl methyl sites for hydroxylation is 1. The number of ether oxygens (including phenoxy) is 1. The van der Waals surface area contributed by atoms with E-state index in [1.54, 1.807) is 6.20 Å². The number of carbonyl (C=O) groups excluding carboxylic acids is 1. The highest BCUT2D eigenvalue weighted by Crippen LogP contribution is 2.28. The second-order valence-corrected chi connectivity index (χ2v) is 5.97. The SMILES string of the molecule is CN1CCO[C@@H](CNC(=O)C#CC2CC2)[C@@H]1c1ccnn1C. The monoisotopic (exact) mass is 302 g/mol. The van der Waals surface area contributed by atoms with Gasteiger partial charge in [0.15, 0.2) is 0 Å². The zero-order valence-electron chi connectivity index (χ0n) is 13.1. The van der Waals surface area contributed by atoms with Gasteiger partial charge in [0, 0.05) is 32.3 Å². The molecule has 2 atom stereocenters. The first-order valence-electron chi connectivity index (χ1n) is 7.74. The summed E-state index contributed by atoms with van der Waals surface area (Å²) in [6.45, 7) is 1.99. The Balaban J connectivity index is 1.64. The summed E-state index contributed by atoms with van der Waals surface area (Å²) >= 11 is 0. The fourth-order valence-electron chi connectivity index (χ4n) is 2.76. The Hall–Kier alpha value is -1.84. The molecule has 0 spiro atoms. The standard InChI is InChI=1S/C16H22N4O2/c1-19-9-10-22-14(16(19)13-7-8-18-20(13)2)11-17-15(21)6-5-12-3-4-12/h7-8,12,14,16H,3-4,9-11H2,1-2H3,(H,17,21)/t14-,16-/m0/s1. The van der Waals surface area contributed by atoms with Gasteiger partial charge in [0.05, 0.1) is 24.4 Å². The lowest BCUT2D eigenvalue weighted by molar-refractivity contribution is -0.117. The van der Waals surface area contributed by atoms with Gasteiger partial charge in [0.1, 0.15) is 0 Å². The Morgan fingerprint density at radius 3 is 3.00 bits per heavy atom. The first-order chi connectivity index (χ1) is 10.6. The fourth-order valence-corrected chi connectivity index (χ4v) is 2.76. The van der Waals surface area contributed by atoms with E-state index in [1.165, 1.54) is 0 Å². The highest BCUT2D eigenvalue weighted by Gasteiger charge is 2.33. The molecule has 1 saturated heterocycles. The Labute approximate surface area is 130 Å². The van der Waals surface area contributed by atoms with E-state index < -0.39 is 0 Å². The lowest BCUT2D eigenvalue weighted by Crippen LogP contribution is -2.48. The van der Waals surface area contributed by atoms with Crippen LogP contribution >= 0.6 is 0 Å². The maximum Gasteiger partial charge on any atom is 0.295 e. The minimum absolute atomic E-state index is 0.0814. The van der Waals surface area contributed by atoms with Crippen LogP contribution in [0.4, 0.5) is 0 Å². The first kappa shape index (κ1) is 15.1. The summed E-state index contributed by atoms with van der Waals surface area (Å²) in [5.74, 6) is 5.86. The molecular weight excluding hydrogens is 280 g/mol. The largest absolute Gasteiger partial charge is 0.373 e. The van der Waals surface area contributed by atoms with Crippen LogP contribution in [0.1, 0.15) is 24.6 Å². The summed E-state index contributed by atoms with van der Waals surface area (Å²) in [6, 6.07) is 2.08. The molecule has 6 nitrogen and oxygen atoms in total. The smallest absolute Gasteiger partial charge is 0.295 e. The van der Waals surface area contributed by atoms with Crippen LogP contribution in [0.25, 0.3) is 0 Å². The van der Waals surface area contributed by atoms with Crippen molar-refractivity contribution < 1.29 is 9.53 Å². The molecule has 1 saturated carbocycles. The summed E-state index contributed by atoms with van der Waals surface area (Å²) in [7, 11) is 4.00. The Bertz CT molecular complexity index is 597. The molecule has 6 heteroatoms. The third-order valence-corrected chi connectivity index (χ3v) is 4.20. The van der Waals surface area contributed by atoms with E-state index in [1.807, 2.05) is 17.8 Å². The van der Waals surface area contributed by atoms with Gasteiger partial charge in [-0.15, -0.1) is 0 Å². The van der Waals surface area contributed by atoms with Crippen LogP contribution in [0.15, 0.2) is 12.3 Å². The maximum absolute atomic E-state index is 11.8. The third kappa shape index (κ3) is 3.49. The third-order valence-electron chi connectivity index (χ3n) is 4.20. The molecule has 0 bridgehead atoms. The molecule has 0 unspecified atom stereocenters. The van der Waals surface area contributed by atoms with Crippen LogP contribution in [0.2, 0.25) is 0 Å². The summed E-state index contributed by atoms with van der Waals surface area (Å²) < 4.78 is 7.74. The van der Waals surface area contributed by atoms with E-state index in [0.717, 1.165) is 25.1 Å². The molecule has 1 aromatic rings. The Kier molecular flexibility index (Phi) is 4.46. The van der Waals surface area contributed by atoms with Crippen molar-refractivity contribution in [3.63, 3.8) is 0 Å². The number of hydrogen-bond acceptors (Lipinski definition) is 4. The van der Waals surface area contributed by atoms with Crippen molar-refractivity contribution >= 4 is 5.91 Å². The van der Waals surface area contributed by atoms with Crippen molar-refractivity contribution in [1.29, 1.82) is 0 Å². The zero-order valence-corrected chi connectivity index (χ0v) is 13.1. The molecule has 1 aromatic heterocycles. The van der Waals surface area contributed by atoms with Crippen molar-refractivity contribution in [3.05, 3.63) is 18.0 Å². The number of hydrogen-bond donors (Lipinski definition) is 1. The minimum atomic E-state index is -0.215. The van der Waals surface area contributed by atoms with Gasteiger partial charge in [-0.25, -0.2) is 0 Å². The van der Waals surface area contributed by atoms with E-state index in [2.05, 4.69) is 34.2 Å². The highest BCUT2D eigenvalue weighted by molar-refractivity contribution is 5.93. The molecular formula is C16H22N4O2. The molecule has 2 aliphatic rings. The lowest BCUT2D eigenvalue weighted by atomic mass is 10.0. The van der Waals surface area contributed by atoms with Crippen molar-refractivity contribution in [1.82, 2.24) is 20.0 Å². The molecule has 3 rings (SSSR count). The summed E-state index contributed by atoms with van der Waals surface area (Å²) in [4.78, 5) is 14.0. The van der Waals surface area contributed by atoms with Crippen LogP contribution in [0.3, 0.4) is 0 Å². The molecule has 1 aliphatic heterocycles. The van der Waals surface area contributed by atoms with Gasteiger partial charge in [-0.3, -0.25) is 14.4 Å². The number of amides is 1. The zero-order chi connectivity index (χ0) is 15.5. The van der Waals surface area contributed by atoms with E-state index in [-0.39, 0.29) is 18.1 Å². The molecule has 2 heterocycles. The van der Waals surface area contributed by atoms with Gasteiger partial charge in [-0.05, 0) is 31.9 Å². The second-order valence-electron chi connectivity index (χ2n) is 5.97. The van der Waals surface area contributed by atoms with Crippen molar-refractivity contribution in [2.75, 3.05) is 26.7 Å². The van der Waals surface area contributed by atoms with Crippen LogP contribution in [-0.2, 0) is 16.6 Å². The second kappa shape index (κ2) is 6.51. The number of morpholine rings is 1. The molecule has 1 amide bonds. The average Bonchev–Trinajstić information content (AvgIpc) is 3.24. The summed E-state index contributed by atoms with van der Waals surface area (Å²) in [6.07, 6.45) is 3.94. The van der Waals surface area contributed by atoms with Gasteiger partial charge >= 0.3 is 0 Å². The molecule has 0 aromatic carbocycles. The van der Waals surface area contributed by atoms with Crippen molar-refractivity contribution in [2.24, 2.45) is 13.0 Å².